The van der Waals surface area contributed by atoms with E-state index in [0.717, 1.165) is 17.7 Å². The highest BCUT2D eigenvalue weighted by Gasteiger charge is 2.49. The fraction of sp³-hybridized carbons (Fsp3) is 0.429. The van der Waals surface area contributed by atoms with Crippen LogP contribution in [0, 0.1) is 6.92 Å². The van der Waals surface area contributed by atoms with Gasteiger partial charge in [0.1, 0.15) is 5.54 Å². The number of aryl methyl sites for hydroxylation is 1. The summed E-state index contributed by atoms with van der Waals surface area (Å²) in [6.45, 7) is 5.81. The van der Waals surface area contributed by atoms with Gasteiger partial charge in [-0.1, -0.05) is 31.0 Å². The van der Waals surface area contributed by atoms with Gasteiger partial charge in [0.25, 0.3) is 5.91 Å². The molecule has 0 spiro atoms. The van der Waals surface area contributed by atoms with E-state index in [4.69, 9.17) is 0 Å². The van der Waals surface area contributed by atoms with Crippen molar-refractivity contribution in [2.75, 3.05) is 4.90 Å². The highest BCUT2D eigenvalue weighted by Crippen LogP contribution is 2.32. The van der Waals surface area contributed by atoms with Gasteiger partial charge in [0, 0.05) is 5.69 Å². The van der Waals surface area contributed by atoms with Gasteiger partial charge in [-0.05, 0) is 32.4 Å². The van der Waals surface area contributed by atoms with E-state index in [-0.39, 0.29) is 11.9 Å². The molecule has 4 nitrogen and oxygen atoms in total. The van der Waals surface area contributed by atoms with Crippen molar-refractivity contribution in [1.29, 1.82) is 0 Å². The Morgan fingerprint density at radius 2 is 1.83 bits per heavy atom. The van der Waals surface area contributed by atoms with Crippen LogP contribution in [0.4, 0.5) is 10.5 Å². The van der Waals surface area contributed by atoms with Crippen LogP contribution in [0.25, 0.3) is 0 Å². The van der Waals surface area contributed by atoms with Gasteiger partial charge in [-0.15, -0.1) is 0 Å². The summed E-state index contributed by atoms with van der Waals surface area (Å²) in [5.74, 6) is -0.213. The number of urea groups is 1. The molecule has 18 heavy (non-hydrogen) atoms. The molecule has 1 atom stereocenters. The standard InChI is InChI=1S/C14H18N2O2/c1-4-9-14(3)12(17)15-13(18)16(14)11-7-5-10(2)6-8-11/h5-8H,4,9H2,1-3H3,(H,15,17,18). The zero-order chi connectivity index (χ0) is 13.3. The van der Waals surface area contributed by atoms with Crippen molar-refractivity contribution in [2.45, 2.75) is 39.2 Å². The Hall–Kier alpha value is -1.84. The predicted octanol–water partition coefficient (Wildman–Crippen LogP) is 2.61. The van der Waals surface area contributed by atoms with Gasteiger partial charge in [0.2, 0.25) is 0 Å². The minimum absolute atomic E-state index is 0.213. The highest BCUT2D eigenvalue weighted by molar-refractivity contribution is 6.16. The van der Waals surface area contributed by atoms with E-state index in [9.17, 15) is 9.59 Å². The smallest absolute Gasteiger partial charge is 0.279 e. The van der Waals surface area contributed by atoms with Gasteiger partial charge in [-0.25, -0.2) is 4.79 Å². The summed E-state index contributed by atoms with van der Waals surface area (Å²) in [5, 5.41) is 2.40. The highest BCUT2D eigenvalue weighted by atomic mass is 16.2. The quantitative estimate of drug-likeness (QED) is 0.833. The number of amides is 3. The second-order valence-corrected chi connectivity index (χ2v) is 4.95. The summed E-state index contributed by atoms with van der Waals surface area (Å²) < 4.78 is 0. The van der Waals surface area contributed by atoms with E-state index in [1.165, 1.54) is 0 Å². The van der Waals surface area contributed by atoms with Crippen LogP contribution in [0.3, 0.4) is 0 Å². The third kappa shape index (κ3) is 1.88. The van der Waals surface area contributed by atoms with E-state index >= 15 is 0 Å². The molecule has 1 N–H and O–H groups in total. The molecule has 1 aromatic rings. The van der Waals surface area contributed by atoms with Crippen molar-refractivity contribution in [3.63, 3.8) is 0 Å². The monoisotopic (exact) mass is 246 g/mol. The Morgan fingerprint density at radius 1 is 1.22 bits per heavy atom. The molecule has 96 valence electrons. The maximum absolute atomic E-state index is 12.0. The third-order valence-electron chi connectivity index (χ3n) is 3.44. The van der Waals surface area contributed by atoms with Crippen LogP contribution in [0.1, 0.15) is 32.3 Å². The van der Waals surface area contributed by atoms with E-state index in [0.29, 0.717) is 6.42 Å². The molecule has 4 heteroatoms. The average Bonchev–Trinajstić information content (AvgIpc) is 2.52. The summed E-state index contributed by atoms with van der Waals surface area (Å²) in [6, 6.07) is 7.30. The summed E-state index contributed by atoms with van der Waals surface area (Å²) in [7, 11) is 0. The average molecular weight is 246 g/mol. The van der Waals surface area contributed by atoms with Gasteiger partial charge in [0.05, 0.1) is 0 Å². The molecule has 0 aliphatic carbocycles. The first kappa shape index (κ1) is 12.6. The lowest BCUT2D eigenvalue weighted by molar-refractivity contribution is -0.123. The van der Waals surface area contributed by atoms with Crippen LogP contribution in [0.5, 0.6) is 0 Å². The van der Waals surface area contributed by atoms with Gasteiger partial charge in [-0.3, -0.25) is 15.0 Å². The minimum atomic E-state index is -0.777. The lowest BCUT2D eigenvalue weighted by Gasteiger charge is -2.31. The van der Waals surface area contributed by atoms with E-state index in [1.54, 1.807) is 4.90 Å². The number of nitrogens with one attached hydrogen (secondary N) is 1. The van der Waals surface area contributed by atoms with Crippen LogP contribution < -0.4 is 10.2 Å². The normalized spacial score (nSPS) is 23.4. The summed E-state index contributed by atoms with van der Waals surface area (Å²) in [6.07, 6.45) is 1.50. The Labute approximate surface area is 107 Å². The number of anilines is 1. The molecule has 1 aromatic carbocycles. The Kier molecular flexibility index (Phi) is 3.11. The van der Waals surface area contributed by atoms with Crippen LogP contribution in [-0.4, -0.2) is 17.5 Å². The SMILES string of the molecule is CCCC1(C)C(=O)NC(=O)N1c1ccc(C)cc1. The Morgan fingerprint density at radius 3 is 2.39 bits per heavy atom. The maximum atomic E-state index is 12.0. The fourth-order valence-corrected chi connectivity index (χ4v) is 2.42. The van der Waals surface area contributed by atoms with Crippen LogP contribution >= 0.6 is 0 Å². The summed E-state index contributed by atoms with van der Waals surface area (Å²) >= 11 is 0. The largest absolute Gasteiger partial charge is 0.329 e. The number of hydrogen-bond donors (Lipinski definition) is 1. The number of imide groups is 1. The molecule has 0 bridgehead atoms. The second-order valence-electron chi connectivity index (χ2n) is 4.95. The van der Waals surface area contributed by atoms with Crippen LogP contribution in [-0.2, 0) is 4.79 Å². The second kappa shape index (κ2) is 4.44. The van der Waals surface area contributed by atoms with Crippen LogP contribution in [0.2, 0.25) is 0 Å². The van der Waals surface area contributed by atoms with Crippen molar-refractivity contribution in [3.05, 3.63) is 29.8 Å². The summed E-state index contributed by atoms with van der Waals surface area (Å²) in [4.78, 5) is 25.5. The molecule has 1 aliphatic rings. The molecule has 0 saturated carbocycles. The van der Waals surface area contributed by atoms with Gasteiger partial charge >= 0.3 is 6.03 Å². The molecule has 1 aliphatic heterocycles. The first-order chi connectivity index (χ1) is 8.49. The number of carbonyl (C=O) groups excluding carboxylic acids is 2. The van der Waals surface area contributed by atoms with Crippen LogP contribution in [0.15, 0.2) is 24.3 Å². The van der Waals surface area contributed by atoms with Crippen molar-refractivity contribution in [1.82, 2.24) is 5.32 Å². The zero-order valence-electron chi connectivity index (χ0n) is 11.0. The predicted molar refractivity (Wildman–Crippen MR) is 70.5 cm³/mol. The van der Waals surface area contributed by atoms with E-state index in [2.05, 4.69) is 5.32 Å². The first-order valence-electron chi connectivity index (χ1n) is 6.21. The minimum Gasteiger partial charge on any atom is -0.279 e. The molecule has 0 radical (unpaired) electrons. The molecule has 1 fully saturated rings. The van der Waals surface area contributed by atoms with Crippen molar-refractivity contribution in [2.24, 2.45) is 0 Å². The molecule has 0 aromatic heterocycles. The Balaban J connectivity index is 2.43. The van der Waals surface area contributed by atoms with Crippen molar-refractivity contribution in [3.8, 4) is 0 Å². The number of hydrogen-bond acceptors (Lipinski definition) is 2. The molecule has 1 heterocycles. The molecule has 2 rings (SSSR count). The fourth-order valence-electron chi connectivity index (χ4n) is 2.42. The topological polar surface area (TPSA) is 49.4 Å². The van der Waals surface area contributed by atoms with Crippen molar-refractivity contribution < 1.29 is 9.59 Å². The molecule has 3 amide bonds. The maximum Gasteiger partial charge on any atom is 0.329 e. The molecule has 1 unspecified atom stereocenters. The first-order valence-corrected chi connectivity index (χ1v) is 6.21. The number of carbonyl (C=O) groups is 2. The van der Waals surface area contributed by atoms with E-state index in [1.807, 2.05) is 45.0 Å². The molecule has 1 saturated heterocycles. The third-order valence-corrected chi connectivity index (χ3v) is 3.44. The zero-order valence-corrected chi connectivity index (χ0v) is 11.0. The molecular weight excluding hydrogens is 228 g/mol. The van der Waals surface area contributed by atoms with Gasteiger partial charge < -0.3 is 0 Å². The number of nitrogens with zero attached hydrogens (tertiary/aromatic N) is 1. The van der Waals surface area contributed by atoms with Crippen molar-refractivity contribution >= 4 is 17.6 Å². The lowest BCUT2D eigenvalue weighted by atomic mass is 9.94. The van der Waals surface area contributed by atoms with E-state index < -0.39 is 5.54 Å². The number of benzene rings is 1. The number of rotatable bonds is 3. The molecular formula is C14H18N2O2. The Bertz CT molecular complexity index is 481. The summed E-state index contributed by atoms with van der Waals surface area (Å²) in [5.41, 5.74) is 1.11. The van der Waals surface area contributed by atoms with Gasteiger partial charge in [0.15, 0.2) is 0 Å². The van der Waals surface area contributed by atoms with Gasteiger partial charge in [-0.2, -0.15) is 0 Å². The lowest BCUT2D eigenvalue weighted by Crippen LogP contribution is -2.47.